The topological polar surface area (TPSA) is 0 Å². The van der Waals surface area contributed by atoms with Gasteiger partial charge in [-0.05, 0) is 248 Å². The Hall–Kier alpha value is -11.4. The van der Waals surface area contributed by atoms with E-state index in [0.29, 0.717) is 0 Å². The van der Waals surface area contributed by atoms with Gasteiger partial charge >= 0.3 is 0 Å². The Kier molecular flexibility index (Phi) is 11.4. The Morgan fingerprint density at radius 1 is 0.130 bits per heavy atom. The first-order chi connectivity index (χ1) is 45.4. The summed E-state index contributed by atoms with van der Waals surface area (Å²) in [6, 6.07) is 110. The number of hydrogen-bond acceptors (Lipinski definition) is 0. The molecule has 92 heavy (non-hydrogen) atoms. The van der Waals surface area contributed by atoms with Crippen LogP contribution in [0.15, 0.2) is 291 Å². The van der Waals surface area contributed by atoms with Gasteiger partial charge in [-0.3, -0.25) is 0 Å². The van der Waals surface area contributed by atoms with Crippen LogP contribution in [0.2, 0.25) is 0 Å². The molecule has 0 amide bonds. The van der Waals surface area contributed by atoms with Crippen LogP contribution in [0.25, 0.3) is 198 Å². The van der Waals surface area contributed by atoms with E-state index in [4.69, 9.17) is 0 Å². The summed E-state index contributed by atoms with van der Waals surface area (Å²) in [6.07, 6.45) is 0. The van der Waals surface area contributed by atoms with Gasteiger partial charge < -0.3 is 0 Å². The van der Waals surface area contributed by atoms with Crippen LogP contribution < -0.4 is 0 Å². The lowest BCUT2D eigenvalue weighted by molar-refractivity contribution is 1.45. The molecule has 0 N–H and O–H groups in total. The molecule has 0 aliphatic heterocycles. The van der Waals surface area contributed by atoms with Crippen molar-refractivity contribution in [2.75, 3.05) is 0 Å². The Morgan fingerprint density at radius 3 is 0.576 bits per heavy atom. The van der Waals surface area contributed by atoms with E-state index in [1.165, 1.54) is 220 Å². The van der Waals surface area contributed by atoms with Crippen molar-refractivity contribution in [1.82, 2.24) is 0 Å². The number of aryl methyl sites for hydroxylation is 4. The van der Waals surface area contributed by atoms with Gasteiger partial charge in [0.15, 0.2) is 0 Å². The van der Waals surface area contributed by atoms with Crippen LogP contribution in [-0.4, -0.2) is 0 Å². The highest BCUT2D eigenvalue weighted by Gasteiger charge is 2.37. The molecule has 0 nitrogen and oxygen atoms in total. The molecule has 0 atom stereocenters. The fraction of sp³-hybridized carbons (Fsp3) is 0.0435. The van der Waals surface area contributed by atoms with E-state index in [1.54, 1.807) is 0 Å². The normalized spacial score (nSPS) is 12.1. The quantitative estimate of drug-likeness (QED) is 0.105. The number of fused-ring (bicyclic) bond motifs is 10. The van der Waals surface area contributed by atoms with Gasteiger partial charge in [0.25, 0.3) is 0 Å². The van der Waals surface area contributed by atoms with Crippen molar-refractivity contribution in [3.8, 4) is 134 Å². The SMILES string of the molecule is Cc1cccc(-c2ccccc2)c1-c1c2c(c(-c3c(C)cccc3-c3ccccc3)c3ccccc13)-c1ccc3c4ccc5c6c(ccc(c7ccc-2c1c73)c64)-c1c-5c(-c2c(C)cccc2-c2ccccc2)c2ccccc2c1-c1c(C)cccc1-c1ccccc1. The second kappa shape index (κ2) is 20.0. The lowest BCUT2D eigenvalue weighted by Crippen LogP contribution is -1.98. The van der Waals surface area contributed by atoms with E-state index in [0.717, 1.165) is 0 Å². The third-order valence-electron chi connectivity index (χ3n) is 20.8. The van der Waals surface area contributed by atoms with Gasteiger partial charge in [0, 0.05) is 0 Å². The van der Waals surface area contributed by atoms with Crippen LogP contribution in [0, 0.1) is 27.7 Å². The molecule has 0 aromatic heterocycles. The smallest absolute Gasteiger partial charge is 0.000708 e. The first-order valence-corrected chi connectivity index (χ1v) is 32.4. The lowest BCUT2D eigenvalue weighted by atomic mass is 9.78. The summed E-state index contributed by atoms with van der Waals surface area (Å²) >= 11 is 0. The molecule has 19 rings (SSSR count). The Labute approximate surface area is 536 Å². The molecule has 428 valence electrons. The predicted molar refractivity (Wildman–Crippen MR) is 394 cm³/mol. The minimum atomic E-state index is 1.22. The third kappa shape index (κ3) is 7.29. The van der Waals surface area contributed by atoms with Crippen LogP contribution in [0.3, 0.4) is 0 Å². The van der Waals surface area contributed by atoms with Gasteiger partial charge in [0.1, 0.15) is 0 Å². The number of benzene rings is 17. The second-order valence-electron chi connectivity index (χ2n) is 25.7. The summed E-state index contributed by atoms with van der Waals surface area (Å²) in [4.78, 5) is 0. The van der Waals surface area contributed by atoms with Gasteiger partial charge in [0.2, 0.25) is 0 Å². The number of rotatable bonds is 8. The zero-order valence-electron chi connectivity index (χ0n) is 51.7. The molecule has 0 heterocycles. The van der Waals surface area contributed by atoms with Crippen molar-refractivity contribution >= 4 is 64.6 Å². The maximum atomic E-state index is 2.51. The van der Waals surface area contributed by atoms with Crippen LogP contribution in [0.1, 0.15) is 22.3 Å². The third-order valence-corrected chi connectivity index (χ3v) is 20.8. The van der Waals surface area contributed by atoms with E-state index in [1.807, 2.05) is 0 Å². The van der Waals surface area contributed by atoms with E-state index in [2.05, 4.69) is 319 Å². The molecular formula is C92H60. The molecule has 17 aromatic rings. The standard InChI is InChI=1S/C92H60/c1-53-25-21-41-61(57-29-9-5-10-30-57)77(53)85-65-37-17-18-38-66(65)86(78-54(2)26-22-42-62(78)58-31-11-6-12-32-58)90-74-50-46-70-72-48-52-76-84-75(51-47-71(82(72)84)69-45-49-73(89(85)90)83(74)81(69)70)91-87(79-55(3)27-23-43-63(79)59-33-13-7-14-34-59)67-39-19-20-40-68(67)88(92(76)91)80-56(4)28-24-44-64(80)60-35-15-8-16-36-60/h5-52H,1-4H3. The minimum Gasteiger partial charge on any atom is -0.0622 e. The molecule has 0 unspecified atom stereocenters. The summed E-state index contributed by atoms with van der Waals surface area (Å²) in [7, 11) is 0. The van der Waals surface area contributed by atoms with E-state index >= 15 is 0 Å². The highest BCUT2D eigenvalue weighted by Crippen LogP contribution is 2.65. The molecule has 0 bridgehead atoms. The summed E-state index contributed by atoms with van der Waals surface area (Å²) in [6.45, 7) is 9.26. The summed E-state index contributed by atoms with van der Waals surface area (Å²) in [5.74, 6) is 0. The van der Waals surface area contributed by atoms with Crippen LogP contribution in [-0.2, 0) is 0 Å². The van der Waals surface area contributed by atoms with Crippen molar-refractivity contribution in [3.05, 3.63) is 313 Å². The van der Waals surface area contributed by atoms with Gasteiger partial charge in [-0.2, -0.15) is 0 Å². The van der Waals surface area contributed by atoms with Crippen molar-refractivity contribution < 1.29 is 0 Å². The molecule has 0 fully saturated rings. The number of hydrogen-bond donors (Lipinski definition) is 0. The van der Waals surface area contributed by atoms with Crippen molar-refractivity contribution in [2.45, 2.75) is 27.7 Å². The highest BCUT2D eigenvalue weighted by molar-refractivity contribution is 6.43. The first kappa shape index (κ1) is 52.5. The monoisotopic (exact) mass is 1160 g/mol. The largest absolute Gasteiger partial charge is 0.0622 e. The average molecular weight is 1170 g/mol. The molecular weight excluding hydrogens is 1110 g/mol. The van der Waals surface area contributed by atoms with Crippen LogP contribution >= 0.6 is 0 Å². The van der Waals surface area contributed by atoms with Crippen LogP contribution in [0.5, 0.6) is 0 Å². The summed E-state index contributed by atoms with van der Waals surface area (Å²) in [5, 5.41) is 15.5. The average Bonchev–Trinajstić information content (AvgIpc) is 1.50. The molecule has 2 aliphatic carbocycles. The molecule has 0 saturated heterocycles. The van der Waals surface area contributed by atoms with Gasteiger partial charge in [-0.25, -0.2) is 0 Å². The molecule has 0 heteroatoms. The maximum Gasteiger partial charge on any atom is -0.000708 e. The zero-order chi connectivity index (χ0) is 61.0. The second-order valence-corrected chi connectivity index (χ2v) is 25.7. The van der Waals surface area contributed by atoms with Crippen molar-refractivity contribution in [1.29, 1.82) is 0 Å². The fourth-order valence-corrected chi connectivity index (χ4v) is 17.1. The van der Waals surface area contributed by atoms with Gasteiger partial charge in [0.05, 0.1) is 0 Å². The predicted octanol–water partition coefficient (Wildman–Crippen LogP) is 25.9. The van der Waals surface area contributed by atoms with E-state index < -0.39 is 0 Å². The minimum absolute atomic E-state index is 1.22. The lowest BCUT2D eigenvalue weighted by Gasteiger charge is -2.25. The Bertz CT molecular complexity index is 5260. The molecule has 0 saturated carbocycles. The Morgan fingerprint density at radius 2 is 0.348 bits per heavy atom. The fourth-order valence-electron chi connectivity index (χ4n) is 17.1. The summed E-state index contributed by atoms with van der Waals surface area (Å²) < 4.78 is 0. The van der Waals surface area contributed by atoms with E-state index in [9.17, 15) is 0 Å². The first-order valence-electron chi connectivity index (χ1n) is 32.4. The maximum absolute atomic E-state index is 2.51. The molecule has 0 radical (unpaired) electrons. The molecule has 2 aliphatic rings. The Balaban J connectivity index is 0.950. The van der Waals surface area contributed by atoms with Crippen LogP contribution in [0.4, 0.5) is 0 Å². The van der Waals surface area contributed by atoms with Gasteiger partial charge in [-0.1, -0.05) is 291 Å². The highest BCUT2D eigenvalue weighted by atomic mass is 14.4. The zero-order valence-corrected chi connectivity index (χ0v) is 51.7. The summed E-state index contributed by atoms with van der Waals surface area (Å²) in [5.41, 5.74) is 35.6. The van der Waals surface area contributed by atoms with E-state index in [-0.39, 0.29) is 0 Å². The van der Waals surface area contributed by atoms with Crippen molar-refractivity contribution in [3.63, 3.8) is 0 Å². The van der Waals surface area contributed by atoms with Crippen molar-refractivity contribution in [2.24, 2.45) is 0 Å². The van der Waals surface area contributed by atoms with Gasteiger partial charge in [-0.15, -0.1) is 0 Å². The molecule has 0 spiro atoms. The molecule has 17 aromatic carbocycles.